The molecule has 1 aromatic rings. The van der Waals surface area contributed by atoms with Gasteiger partial charge in [-0.1, -0.05) is 30.3 Å². The third kappa shape index (κ3) is 7.71. The summed E-state index contributed by atoms with van der Waals surface area (Å²) in [5.74, 6) is -0.945. The molecule has 0 saturated carbocycles. The van der Waals surface area contributed by atoms with E-state index in [1.807, 2.05) is 30.3 Å². The predicted octanol–water partition coefficient (Wildman–Crippen LogP) is 0.462. The van der Waals surface area contributed by atoms with E-state index >= 15 is 0 Å². The Morgan fingerprint density at radius 1 is 1.24 bits per heavy atom. The summed E-state index contributed by atoms with van der Waals surface area (Å²) in [4.78, 5) is 36.3. The Morgan fingerprint density at radius 3 is 2.55 bits per heavy atom. The summed E-state index contributed by atoms with van der Waals surface area (Å²) in [6.45, 7) is 5.07. The van der Waals surface area contributed by atoms with Gasteiger partial charge in [-0.25, -0.2) is 4.79 Å². The minimum Gasteiger partial charge on any atom is -0.460 e. The van der Waals surface area contributed by atoms with Gasteiger partial charge in [-0.2, -0.15) is 0 Å². The third-order valence-electron chi connectivity index (χ3n) is 4.18. The monoisotopic (exact) mass is 407 g/mol. The highest BCUT2D eigenvalue weighted by Gasteiger charge is 2.33. The molecule has 4 N–H and O–H groups in total. The highest BCUT2D eigenvalue weighted by molar-refractivity contribution is 5.86. The number of hydrogen-bond donors (Lipinski definition) is 4. The Balaban J connectivity index is 1.77. The van der Waals surface area contributed by atoms with Crippen LogP contribution in [0.3, 0.4) is 0 Å². The number of esters is 1. The molecular weight excluding hydrogens is 378 g/mol. The summed E-state index contributed by atoms with van der Waals surface area (Å²) in [7, 11) is 0. The topological polar surface area (TPSA) is 126 Å². The molecule has 0 radical (unpaired) electrons. The van der Waals surface area contributed by atoms with E-state index in [0.717, 1.165) is 5.56 Å². The van der Waals surface area contributed by atoms with Crippen molar-refractivity contribution in [2.45, 2.75) is 57.5 Å². The molecule has 0 aromatic heterocycles. The van der Waals surface area contributed by atoms with Crippen LogP contribution in [-0.2, 0) is 25.7 Å². The molecule has 1 fully saturated rings. The van der Waals surface area contributed by atoms with Crippen molar-refractivity contribution in [2.75, 3.05) is 13.2 Å². The van der Waals surface area contributed by atoms with Crippen LogP contribution >= 0.6 is 0 Å². The van der Waals surface area contributed by atoms with E-state index in [1.165, 1.54) is 0 Å². The number of aliphatic hydroxyl groups excluding tert-OH is 1. The molecule has 29 heavy (non-hydrogen) atoms. The Hall–Kier alpha value is -2.65. The quantitative estimate of drug-likeness (QED) is 0.484. The van der Waals surface area contributed by atoms with Gasteiger partial charge in [-0.15, -0.1) is 0 Å². The van der Waals surface area contributed by atoms with Crippen molar-refractivity contribution >= 4 is 18.0 Å². The van der Waals surface area contributed by atoms with Gasteiger partial charge in [0.1, 0.15) is 24.3 Å². The average molecular weight is 407 g/mol. The lowest BCUT2D eigenvalue weighted by Gasteiger charge is -2.23. The van der Waals surface area contributed by atoms with Crippen molar-refractivity contribution in [2.24, 2.45) is 0 Å². The highest BCUT2D eigenvalue weighted by Crippen LogP contribution is 2.11. The number of nitrogens with one attached hydrogen (secondary N) is 3. The Labute approximate surface area is 170 Å². The lowest BCUT2D eigenvalue weighted by Crippen LogP contribution is -2.52. The SMILES string of the molecule is CC(C)(C)OC(=O)NC(CO)C(=O)NC1CNC(C(=O)OCc2ccccc2)C1. The second-order valence-corrected chi connectivity index (χ2v) is 7.88. The van der Waals surface area contributed by atoms with Gasteiger partial charge in [-0.3, -0.25) is 9.59 Å². The first-order valence-electron chi connectivity index (χ1n) is 9.52. The number of benzene rings is 1. The summed E-state index contributed by atoms with van der Waals surface area (Å²) in [5.41, 5.74) is 0.172. The van der Waals surface area contributed by atoms with E-state index in [1.54, 1.807) is 20.8 Å². The lowest BCUT2D eigenvalue weighted by molar-refractivity contribution is -0.147. The number of ether oxygens (including phenoxy) is 2. The fourth-order valence-corrected chi connectivity index (χ4v) is 2.80. The Kier molecular flexibility index (Phi) is 7.98. The molecule has 0 aliphatic carbocycles. The minimum atomic E-state index is -1.14. The van der Waals surface area contributed by atoms with Crippen LogP contribution in [0.1, 0.15) is 32.8 Å². The molecule has 1 saturated heterocycles. The molecule has 160 valence electrons. The van der Waals surface area contributed by atoms with E-state index < -0.39 is 42.3 Å². The molecule has 9 heteroatoms. The van der Waals surface area contributed by atoms with Crippen LogP contribution < -0.4 is 16.0 Å². The predicted molar refractivity (Wildman–Crippen MR) is 105 cm³/mol. The first kappa shape index (κ1) is 22.6. The zero-order valence-corrected chi connectivity index (χ0v) is 16.9. The maximum Gasteiger partial charge on any atom is 0.408 e. The molecule has 1 aliphatic heterocycles. The van der Waals surface area contributed by atoms with Crippen LogP contribution in [0.25, 0.3) is 0 Å². The minimum absolute atomic E-state index is 0.182. The Morgan fingerprint density at radius 2 is 1.93 bits per heavy atom. The molecule has 1 heterocycles. The molecule has 1 aliphatic rings. The van der Waals surface area contributed by atoms with E-state index in [4.69, 9.17) is 9.47 Å². The van der Waals surface area contributed by atoms with Gasteiger partial charge in [-0.05, 0) is 32.8 Å². The van der Waals surface area contributed by atoms with Crippen LogP contribution in [0, 0.1) is 0 Å². The van der Waals surface area contributed by atoms with E-state index in [0.29, 0.717) is 13.0 Å². The van der Waals surface area contributed by atoms with Gasteiger partial charge >= 0.3 is 12.1 Å². The van der Waals surface area contributed by atoms with E-state index in [9.17, 15) is 19.5 Å². The van der Waals surface area contributed by atoms with Gasteiger partial charge in [0.05, 0.1) is 6.61 Å². The van der Waals surface area contributed by atoms with Crippen molar-refractivity contribution in [3.63, 3.8) is 0 Å². The molecule has 0 bridgehead atoms. The summed E-state index contributed by atoms with van der Waals surface area (Å²) in [6.07, 6.45) is -0.442. The third-order valence-corrected chi connectivity index (χ3v) is 4.18. The maximum absolute atomic E-state index is 12.3. The van der Waals surface area contributed by atoms with Crippen LogP contribution in [0.4, 0.5) is 4.79 Å². The largest absolute Gasteiger partial charge is 0.460 e. The fraction of sp³-hybridized carbons (Fsp3) is 0.550. The summed E-state index contributed by atoms with van der Waals surface area (Å²) < 4.78 is 10.4. The molecule has 2 rings (SSSR count). The second-order valence-electron chi connectivity index (χ2n) is 7.88. The van der Waals surface area contributed by atoms with Crippen molar-refractivity contribution in [1.29, 1.82) is 0 Å². The van der Waals surface area contributed by atoms with Gasteiger partial charge < -0.3 is 30.5 Å². The molecule has 9 nitrogen and oxygen atoms in total. The van der Waals surface area contributed by atoms with Crippen molar-refractivity contribution < 1.29 is 29.0 Å². The van der Waals surface area contributed by atoms with Crippen molar-refractivity contribution in [1.82, 2.24) is 16.0 Å². The number of carbonyl (C=O) groups is 3. The maximum atomic E-state index is 12.3. The van der Waals surface area contributed by atoms with Gasteiger partial charge in [0.2, 0.25) is 5.91 Å². The smallest absolute Gasteiger partial charge is 0.408 e. The molecule has 3 atom stereocenters. The number of rotatable bonds is 7. The van der Waals surface area contributed by atoms with Crippen LogP contribution in [0.15, 0.2) is 30.3 Å². The molecule has 2 amide bonds. The zero-order valence-electron chi connectivity index (χ0n) is 16.9. The highest BCUT2D eigenvalue weighted by atomic mass is 16.6. The number of amides is 2. The molecule has 1 aromatic carbocycles. The van der Waals surface area contributed by atoms with Gasteiger partial charge in [0.25, 0.3) is 0 Å². The van der Waals surface area contributed by atoms with Crippen molar-refractivity contribution in [3.05, 3.63) is 35.9 Å². The standard InChI is InChI=1S/C20H29N3O6/c1-20(2,3)29-19(27)23-16(11-24)17(25)22-14-9-15(21-10-14)18(26)28-12-13-7-5-4-6-8-13/h4-8,14-16,21,24H,9-12H2,1-3H3,(H,22,25)(H,23,27). The van der Waals surface area contributed by atoms with Crippen LogP contribution in [-0.4, -0.2) is 60.0 Å². The number of hydrogen-bond acceptors (Lipinski definition) is 7. The van der Waals surface area contributed by atoms with Crippen LogP contribution in [0.5, 0.6) is 0 Å². The van der Waals surface area contributed by atoms with E-state index in [-0.39, 0.29) is 12.6 Å². The average Bonchev–Trinajstić information content (AvgIpc) is 3.12. The summed E-state index contributed by atoms with van der Waals surface area (Å²) in [6, 6.07) is 7.34. The molecule has 3 unspecified atom stereocenters. The first-order chi connectivity index (χ1) is 13.7. The van der Waals surface area contributed by atoms with Crippen LogP contribution in [0.2, 0.25) is 0 Å². The van der Waals surface area contributed by atoms with Gasteiger partial charge in [0, 0.05) is 12.6 Å². The Bertz CT molecular complexity index is 704. The lowest BCUT2D eigenvalue weighted by atomic mass is 10.1. The second kappa shape index (κ2) is 10.2. The first-order valence-corrected chi connectivity index (χ1v) is 9.52. The normalized spacial score (nSPS) is 19.9. The number of carbonyl (C=O) groups excluding carboxylic acids is 3. The van der Waals surface area contributed by atoms with Crippen molar-refractivity contribution in [3.8, 4) is 0 Å². The van der Waals surface area contributed by atoms with E-state index in [2.05, 4.69) is 16.0 Å². The zero-order chi connectivity index (χ0) is 21.4. The fourth-order valence-electron chi connectivity index (χ4n) is 2.80. The summed E-state index contributed by atoms with van der Waals surface area (Å²) >= 11 is 0. The number of alkyl carbamates (subject to hydrolysis) is 1. The van der Waals surface area contributed by atoms with Gasteiger partial charge in [0.15, 0.2) is 0 Å². The molecular formula is C20H29N3O6. The summed E-state index contributed by atoms with van der Waals surface area (Å²) in [5, 5.41) is 17.5. The number of aliphatic hydroxyl groups is 1. The molecule has 0 spiro atoms.